The third kappa shape index (κ3) is 1.94. The topological polar surface area (TPSA) is 50.5 Å². The number of fused-ring (bicyclic) bond motifs is 1. The van der Waals surface area contributed by atoms with E-state index in [1.54, 1.807) is 10.5 Å². The van der Waals surface area contributed by atoms with Gasteiger partial charge in [-0.1, -0.05) is 6.07 Å². The van der Waals surface area contributed by atoms with Crippen molar-refractivity contribution in [2.75, 3.05) is 20.6 Å². The zero-order valence-corrected chi connectivity index (χ0v) is 9.42. The SMILES string of the molecule is CN(C)CCc1nnc2cccc(C=O)n12. The van der Waals surface area contributed by atoms with Crippen LogP contribution in [0.4, 0.5) is 0 Å². The Bertz CT molecular complexity index is 504. The van der Waals surface area contributed by atoms with Crippen LogP contribution in [0, 0.1) is 0 Å². The Labute approximate surface area is 93.7 Å². The van der Waals surface area contributed by atoms with E-state index in [9.17, 15) is 4.79 Å². The minimum atomic E-state index is 0.594. The van der Waals surface area contributed by atoms with Crippen molar-refractivity contribution in [1.82, 2.24) is 19.5 Å². The van der Waals surface area contributed by atoms with Gasteiger partial charge in [0.05, 0.1) is 5.69 Å². The van der Waals surface area contributed by atoms with Crippen LogP contribution in [0.5, 0.6) is 0 Å². The summed E-state index contributed by atoms with van der Waals surface area (Å²) >= 11 is 0. The Morgan fingerprint density at radius 2 is 2.19 bits per heavy atom. The molecule has 2 aromatic rings. The Kier molecular flexibility index (Phi) is 2.96. The number of carbonyl (C=O) groups is 1. The molecule has 84 valence electrons. The Hall–Kier alpha value is -1.75. The van der Waals surface area contributed by atoms with Gasteiger partial charge >= 0.3 is 0 Å². The lowest BCUT2D eigenvalue weighted by atomic mass is 10.3. The van der Waals surface area contributed by atoms with Gasteiger partial charge in [-0.15, -0.1) is 10.2 Å². The molecule has 16 heavy (non-hydrogen) atoms. The second kappa shape index (κ2) is 4.40. The second-order valence-corrected chi connectivity index (χ2v) is 3.93. The lowest BCUT2D eigenvalue weighted by molar-refractivity contribution is 0.111. The van der Waals surface area contributed by atoms with Crippen molar-refractivity contribution in [3.05, 3.63) is 29.7 Å². The first-order valence-corrected chi connectivity index (χ1v) is 5.15. The van der Waals surface area contributed by atoms with Crippen LogP contribution in [0.25, 0.3) is 5.65 Å². The lowest BCUT2D eigenvalue weighted by Crippen LogP contribution is -2.16. The van der Waals surface area contributed by atoms with E-state index in [1.165, 1.54) is 0 Å². The summed E-state index contributed by atoms with van der Waals surface area (Å²) in [7, 11) is 4.01. The van der Waals surface area contributed by atoms with Crippen molar-refractivity contribution in [2.24, 2.45) is 0 Å². The van der Waals surface area contributed by atoms with Crippen LogP contribution in [0.2, 0.25) is 0 Å². The molecule has 0 N–H and O–H groups in total. The van der Waals surface area contributed by atoms with Crippen molar-refractivity contribution in [1.29, 1.82) is 0 Å². The van der Waals surface area contributed by atoms with Gasteiger partial charge in [0.15, 0.2) is 11.9 Å². The molecule has 2 heterocycles. The summed E-state index contributed by atoms with van der Waals surface area (Å²) in [6, 6.07) is 5.42. The molecule has 0 bridgehead atoms. The molecule has 0 unspecified atom stereocenters. The number of hydrogen-bond acceptors (Lipinski definition) is 4. The fourth-order valence-electron chi connectivity index (χ4n) is 1.60. The quantitative estimate of drug-likeness (QED) is 0.707. The standard InChI is InChI=1S/C11H14N4O/c1-14(2)7-6-11-13-12-10-5-3-4-9(8-16)15(10)11/h3-5,8H,6-7H2,1-2H3. The highest BCUT2D eigenvalue weighted by atomic mass is 16.1. The van der Waals surface area contributed by atoms with Gasteiger partial charge < -0.3 is 4.90 Å². The first kappa shape index (κ1) is 10.8. The number of aldehydes is 1. The van der Waals surface area contributed by atoms with E-state index in [2.05, 4.69) is 15.1 Å². The molecule has 0 saturated carbocycles. The monoisotopic (exact) mass is 218 g/mol. The predicted octanol–water partition coefficient (Wildman–Crippen LogP) is 0.646. The number of rotatable bonds is 4. The van der Waals surface area contributed by atoms with E-state index in [0.717, 1.165) is 30.7 Å². The van der Waals surface area contributed by atoms with E-state index in [4.69, 9.17) is 0 Å². The summed E-state index contributed by atoms with van der Waals surface area (Å²) in [4.78, 5) is 13.0. The summed E-state index contributed by atoms with van der Waals surface area (Å²) in [6.07, 6.45) is 1.61. The van der Waals surface area contributed by atoms with E-state index in [0.29, 0.717) is 5.69 Å². The number of hydrogen-bond donors (Lipinski definition) is 0. The van der Waals surface area contributed by atoms with Crippen LogP contribution in [0.3, 0.4) is 0 Å². The van der Waals surface area contributed by atoms with Gasteiger partial charge in [0.1, 0.15) is 5.82 Å². The van der Waals surface area contributed by atoms with Crippen LogP contribution < -0.4 is 0 Å². The zero-order valence-electron chi connectivity index (χ0n) is 9.42. The van der Waals surface area contributed by atoms with Gasteiger partial charge in [0, 0.05) is 13.0 Å². The van der Waals surface area contributed by atoms with Gasteiger partial charge in [-0.3, -0.25) is 9.20 Å². The molecule has 0 aliphatic heterocycles. The molecule has 2 rings (SSSR count). The van der Waals surface area contributed by atoms with Crippen LogP contribution in [-0.4, -0.2) is 46.4 Å². The van der Waals surface area contributed by atoms with Crippen LogP contribution in [0.1, 0.15) is 16.3 Å². The molecule has 5 nitrogen and oxygen atoms in total. The molecule has 2 aromatic heterocycles. The number of aromatic nitrogens is 3. The summed E-state index contributed by atoms with van der Waals surface area (Å²) in [5.74, 6) is 0.825. The number of nitrogens with zero attached hydrogens (tertiary/aromatic N) is 4. The maximum atomic E-state index is 10.9. The van der Waals surface area contributed by atoms with Crippen molar-refractivity contribution < 1.29 is 4.79 Å². The van der Waals surface area contributed by atoms with E-state index in [-0.39, 0.29) is 0 Å². The third-order valence-electron chi connectivity index (χ3n) is 2.43. The maximum Gasteiger partial charge on any atom is 0.166 e. The summed E-state index contributed by atoms with van der Waals surface area (Å²) < 4.78 is 1.80. The van der Waals surface area contributed by atoms with Gasteiger partial charge in [-0.25, -0.2) is 0 Å². The lowest BCUT2D eigenvalue weighted by Gasteiger charge is -2.08. The van der Waals surface area contributed by atoms with Crippen molar-refractivity contribution in [3.63, 3.8) is 0 Å². The van der Waals surface area contributed by atoms with E-state index >= 15 is 0 Å². The normalized spacial score (nSPS) is 11.2. The molecular weight excluding hydrogens is 204 g/mol. The average Bonchev–Trinajstić information content (AvgIpc) is 2.69. The highest BCUT2D eigenvalue weighted by molar-refractivity contribution is 5.73. The van der Waals surface area contributed by atoms with Gasteiger partial charge in [-0.05, 0) is 26.2 Å². The molecule has 0 fully saturated rings. The highest BCUT2D eigenvalue weighted by Crippen LogP contribution is 2.07. The number of likely N-dealkylation sites (N-methyl/N-ethyl adjacent to an activating group) is 1. The van der Waals surface area contributed by atoms with E-state index < -0.39 is 0 Å². The predicted molar refractivity (Wildman–Crippen MR) is 60.6 cm³/mol. The number of pyridine rings is 1. The number of carbonyl (C=O) groups excluding carboxylic acids is 1. The Morgan fingerprint density at radius 1 is 1.38 bits per heavy atom. The fraction of sp³-hybridized carbons (Fsp3) is 0.364. The summed E-state index contributed by atoms with van der Waals surface area (Å²) in [5.41, 5.74) is 1.31. The second-order valence-electron chi connectivity index (χ2n) is 3.93. The molecule has 0 atom stereocenters. The van der Waals surface area contributed by atoms with Gasteiger partial charge in [0.2, 0.25) is 0 Å². The highest BCUT2D eigenvalue weighted by Gasteiger charge is 2.08. The molecule has 0 spiro atoms. The molecule has 0 aromatic carbocycles. The largest absolute Gasteiger partial charge is 0.309 e. The maximum absolute atomic E-state index is 10.9. The van der Waals surface area contributed by atoms with Crippen molar-refractivity contribution in [2.45, 2.75) is 6.42 Å². The first-order valence-electron chi connectivity index (χ1n) is 5.15. The van der Waals surface area contributed by atoms with Crippen LogP contribution >= 0.6 is 0 Å². The molecule has 0 saturated heterocycles. The minimum absolute atomic E-state index is 0.594. The van der Waals surface area contributed by atoms with Crippen LogP contribution in [0.15, 0.2) is 18.2 Å². The molecule has 0 radical (unpaired) electrons. The average molecular weight is 218 g/mol. The Balaban J connectivity index is 2.41. The van der Waals surface area contributed by atoms with Crippen molar-refractivity contribution in [3.8, 4) is 0 Å². The molecule has 0 amide bonds. The van der Waals surface area contributed by atoms with E-state index in [1.807, 2.05) is 26.2 Å². The molecule has 0 aliphatic rings. The summed E-state index contributed by atoms with van der Waals surface area (Å²) in [6.45, 7) is 0.883. The fourth-order valence-corrected chi connectivity index (χ4v) is 1.60. The first-order chi connectivity index (χ1) is 7.72. The summed E-state index contributed by atoms with van der Waals surface area (Å²) in [5, 5.41) is 8.14. The minimum Gasteiger partial charge on any atom is -0.309 e. The molecular formula is C11H14N4O. The molecule has 5 heteroatoms. The third-order valence-corrected chi connectivity index (χ3v) is 2.43. The van der Waals surface area contributed by atoms with Gasteiger partial charge in [0.25, 0.3) is 0 Å². The van der Waals surface area contributed by atoms with Gasteiger partial charge in [-0.2, -0.15) is 0 Å². The zero-order chi connectivity index (χ0) is 11.5. The smallest absolute Gasteiger partial charge is 0.166 e. The molecule has 0 aliphatic carbocycles. The van der Waals surface area contributed by atoms with Crippen molar-refractivity contribution >= 4 is 11.9 Å². The Morgan fingerprint density at radius 3 is 2.88 bits per heavy atom. The van der Waals surface area contributed by atoms with Crippen LogP contribution in [-0.2, 0) is 6.42 Å².